The van der Waals surface area contributed by atoms with E-state index in [-0.39, 0.29) is 0 Å². The summed E-state index contributed by atoms with van der Waals surface area (Å²) in [5.74, 6) is 0. The van der Waals surface area contributed by atoms with Crippen LogP contribution >= 0.6 is 0 Å². The molecule has 0 amide bonds. The number of ether oxygens (including phenoxy) is 1. The van der Waals surface area contributed by atoms with Gasteiger partial charge in [-0.3, -0.25) is 0 Å². The van der Waals surface area contributed by atoms with Crippen molar-refractivity contribution in [3.63, 3.8) is 0 Å². The fourth-order valence-electron chi connectivity index (χ4n) is 2.37. The van der Waals surface area contributed by atoms with Gasteiger partial charge < -0.3 is 10.1 Å². The summed E-state index contributed by atoms with van der Waals surface area (Å²) < 4.78 is 5.00. The lowest BCUT2D eigenvalue weighted by atomic mass is 10.2. The van der Waals surface area contributed by atoms with Crippen molar-refractivity contribution in [1.29, 1.82) is 0 Å². The van der Waals surface area contributed by atoms with E-state index in [1.54, 1.807) is 7.11 Å². The predicted octanol–water partition coefficient (Wildman–Crippen LogP) is 6.37. The fourth-order valence-corrected chi connectivity index (χ4v) is 2.37. The first-order chi connectivity index (χ1) is 12.4. The largest absolute Gasteiger partial charge is 0.383 e. The van der Waals surface area contributed by atoms with Gasteiger partial charge in [-0.15, -0.1) is 0 Å². The van der Waals surface area contributed by atoms with Crippen molar-refractivity contribution >= 4 is 0 Å². The summed E-state index contributed by atoms with van der Waals surface area (Å²) >= 11 is 0. The average Bonchev–Trinajstić information content (AvgIpc) is 2.63. The van der Waals surface area contributed by atoms with Gasteiger partial charge in [0.1, 0.15) is 0 Å². The normalized spacial score (nSPS) is 12.6. The van der Waals surface area contributed by atoms with Gasteiger partial charge >= 0.3 is 0 Å². The summed E-state index contributed by atoms with van der Waals surface area (Å²) in [5.41, 5.74) is 0. The third-order valence-electron chi connectivity index (χ3n) is 3.91. The summed E-state index contributed by atoms with van der Waals surface area (Å²) in [6.07, 6.45) is 30.3. The third kappa shape index (κ3) is 22.9. The minimum Gasteiger partial charge on any atom is -0.383 e. The van der Waals surface area contributed by atoms with Crippen molar-refractivity contribution < 1.29 is 4.74 Å². The van der Waals surface area contributed by atoms with E-state index >= 15 is 0 Å². The van der Waals surface area contributed by atoms with Gasteiger partial charge in [0, 0.05) is 13.7 Å². The molecule has 1 N–H and O–H groups in total. The van der Waals surface area contributed by atoms with E-state index in [2.05, 4.69) is 60.8 Å². The van der Waals surface area contributed by atoms with E-state index in [4.69, 9.17) is 4.74 Å². The minimum absolute atomic E-state index is 0.803. The first-order valence-corrected chi connectivity index (χ1v) is 10.2. The zero-order chi connectivity index (χ0) is 18.3. The molecule has 0 atom stereocenters. The van der Waals surface area contributed by atoms with E-state index in [1.807, 2.05) is 0 Å². The molecule has 0 aromatic heterocycles. The highest BCUT2D eigenvalue weighted by Crippen LogP contribution is 2.01. The van der Waals surface area contributed by atoms with Crippen molar-refractivity contribution in [3.8, 4) is 0 Å². The zero-order valence-electron chi connectivity index (χ0n) is 16.7. The molecule has 2 heteroatoms. The second-order valence-corrected chi connectivity index (χ2v) is 6.33. The molecule has 144 valence electrons. The maximum absolute atomic E-state index is 5.00. The highest BCUT2D eigenvalue weighted by Gasteiger charge is 1.87. The van der Waals surface area contributed by atoms with Crippen LogP contribution in [-0.4, -0.2) is 26.8 Å². The lowest BCUT2D eigenvalue weighted by molar-refractivity contribution is 0.199. The molecule has 0 unspecified atom stereocenters. The Bertz CT molecular complexity index is 355. The number of unbranched alkanes of at least 4 members (excludes halogenated alkanes) is 5. The Labute approximate surface area is 157 Å². The Morgan fingerprint density at radius 2 is 1.16 bits per heavy atom. The molecule has 0 spiro atoms. The van der Waals surface area contributed by atoms with Crippen LogP contribution in [0.1, 0.15) is 71.1 Å². The number of allylic oxidation sites excluding steroid dienone is 8. The lowest BCUT2D eigenvalue weighted by Crippen LogP contribution is -2.20. The highest BCUT2D eigenvalue weighted by molar-refractivity contribution is 4.99. The molecule has 0 aromatic carbocycles. The van der Waals surface area contributed by atoms with Crippen LogP contribution in [0, 0.1) is 0 Å². The molecule has 0 aliphatic carbocycles. The average molecular weight is 348 g/mol. The molecule has 0 rings (SSSR count). The molecule has 0 aliphatic heterocycles. The first kappa shape index (κ1) is 23.9. The Hall–Kier alpha value is -1.12. The predicted molar refractivity (Wildman–Crippen MR) is 113 cm³/mol. The topological polar surface area (TPSA) is 21.3 Å². The first-order valence-electron chi connectivity index (χ1n) is 10.2. The Kier molecular flexibility index (Phi) is 21.9. The molecule has 0 aliphatic rings. The lowest BCUT2D eigenvalue weighted by Gasteiger charge is -2.02. The van der Waals surface area contributed by atoms with Crippen molar-refractivity contribution in [2.75, 3.05) is 26.8 Å². The van der Waals surface area contributed by atoms with Gasteiger partial charge in [0.05, 0.1) is 6.61 Å². The molecular formula is C23H41NO. The number of rotatable bonds is 18. The molecule has 0 saturated heterocycles. The number of nitrogens with one attached hydrogen (secondary N) is 1. The second-order valence-electron chi connectivity index (χ2n) is 6.33. The van der Waals surface area contributed by atoms with E-state index in [1.165, 1.54) is 44.9 Å². The summed E-state index contributed by atoms with van der Waals surface area (Å²) in [7, 11) is 1.74. The number of hydrogen-bond acceptors (Lipinski definition) is 2. The van der Waals surface area contributed by atoms with E-state index < -0.39 is 0 Å². The second kappa shape index (κ2) is 22.9. The maximum Gasteiger partial charge on any atom is 0.0587 e. The number of hydrogen-bond donors (Lipinski definition) is 1. The molecule has 0 bridgehead atoms. The van der Waals surface area contributed by atoms with E-state index in [0.717, 1.165) is 39.0 Å². The molecule has 0 aromatic rings. The molecule has 0 radical (unpaired) electrons. The van der Waals surface area contributed by atoms with Gasteiger partial charge in [-0.05, 0) is 57.9 Å². The molecule has 25 heavy (non-hydrogen) atoms. The van der Waals surface area contributed by atoms with Gasteiger partial charge in [-0.1, -0.05) is 68.4 Å². The van der Waals surface area contributed by atoms with Crippen LogP contribution in [0.25, 0.3) is 0 Å². The summed E-state index contributed by atoms with van der Waals surface area (Å²) in [6, 6.07) is 0. The third-order valence-corrected chi connectivity index (χ3v) is 3.91. The quantitative estimate of drug-likeness (QED) is 0.230. The molecule has 0 saturated carbocycles. The Morgan fingerprint density at radius 3 is 1.68 bits per heavy atom. The smallest absolute Gasteiger partial charge is 0.0587 e. The number of methoxy groups -OCH3 is 1. The van der Waals surface area contributed by atoms with Crippen LogP contribution in [0.4, 0.5) is 0 Å². The van der Waals surface area contributed by atoms with Crippen molar-refractivity contribution in [2.24, 2.45) is 0 Å². The maximum atomic E-state index is 5.00. The van der Waals surface area contributed by atoms with Crippen LogP contribution in [0.5, 0.6) is 0 Å². The summed E-state index contributed by atoms with van der Waals surface area (Å²) in [6.45, 7) is 5.11. The van der Waals surface area contributed by atoms with Gasteiger partial charge in [-0.2, -0.15) is 0 Å². The van der Waals surface area contributed by atoms with Crippen LogP contribution in [0.2, 0.25) is 0 Å². The Morgan fingerprint density at radius 1 is 0.640 bits per heavy atom. The molecule has 0 heterocycles. The van der Waals surface area contributed by atoms with Crippen LogP contribution in [0.15, 0.2) is 48.6 Å². The molecular weight excluding hydrogens is 306 g/mol. The van der Waals surface area contributed by atoms with Crippen molar-refractivity contribution in [2.45, 2.75) is 71.1 Å². The van der Waals surface area contributed by atoms with Gasteiger partial charge in [0.2, 0.25) is 0 Å². The SMILES string of the molecule is CCCCC/C=C\C/C=C\C/C=C\C/C=C\CCCCNCCOC. The Balaban J connectivity index is 3.32. The summed E-state index contributed by atoms with van der Waals surface area (Å²) in [5, 5.41) is 3.37. The van der Waals surface area contributed by atoms with Crippen LogP contribution < -0.4 is 5.32 Å². The minimum atomic E-state index is 0.803. The summed E-state index contributed by atoms with van der Waals surface area (Å²) in [4.78, 5) is 0. The monoisotopic (exact) mass is 347 g/mol. The van der Waals surface area contributed by atoms with Crippen molar-refractivity contribution in [3.05, 3.63) is 48.6 Å². The van der Waals surface area contributed by atoms with Gasteiger partial charge in [-0.25, -0.2) is 0 Å². The van der Waals surface area contributed by atoms with E-state index in [9.17, 15) is 0 Å². The van der Waals surface area contributed by atoms with Gasteiger partial charge in [0.25, 0.3) is 0 Å². The zero-order valence-corrected chi connectivity index (χ0v) is 16.7. The fraction of sp³-hybridized carbons (Fsp3) is 0.652. The van der Waals surface area contributed by atoms with Crippen LogP contribution in [0.3, 0.4) is 0 Å². The van der Waals surface area contributed by atoms with Crippen molar-refractivity contribution in [1.82, 2.24) is 5.32 Å². The van der Waals surface area contributed by atoms with E-state index in [0.29, 0.717) is 0 Å². The molecule has 0 fully saturated rings. The highest BCUT2D eigenvalue weighted by atomic mass is 16.5. The van der Waals surface area contributed by atoms with Crippen LogP contribution in [-0.2, 0) is 4.74 Å². The van der Waals surface area contributed by atoms with Gasteiger partial charge in [0.15, 0.2) is 0 Å². The molecule has 2 nitrogen and oxygen atoms in total. The standard InChI is InChI=1S/C23H41NO/c1-3-4-5-6-7-8-9-10-11-12-13-14-15-16-17-18-19-20-21-24-22-23-25-2/h7-8,10-11,13-14,16-17,24H,3-6,9,12,15,18-23H2,1-2H3/b8-7-,11-10-,14-13-,17-16-.